The van der Waals surface area contributed by atoms with Crippen LogP contribution in [0.3, 0.4) is 0 Å². The highest BCUT2D eigenvalue weighted by Crippen LogP contribution is 2.30. The van der Waals surface area contributed by atoms with E-state index in [9.17, 15) is 5.11 Å². The Balaban J connectivity index is 1.27. The monoisotopic (exact) mass is 357 g/mol. The van der Waals surface area contributed by atoms with E-state index in [2.05, 4.69) is 21.2 Å². The van der Waals surface area contributed by atoms with E-state index in [1.54, 1.807) is 0 Å². The van der Waals surface area contributed by atoms with E-state index in [0.29, 0.717) is 19.1 Å². The molecule has 2 aromatic rings. The highest BCUT2D eigenvalue weighted by Gasteiger charge is 2.34. The Bertz CT molecular complexity index is 791. The van der Waals surface area contributed by atoms with Crippen molar-refractivity contribution in [3.63, 3.8) is 0 Å². The third-order valence-electron chi connectivity index (χ3n) is 6.22. The highest BCUT2D eigenvalue weighted by atomic mass is 16.5. The van der Waals surface area contributed by atoms with Crippen LogP contribution in [-0.2, 0) is 17.6 Å². The summed E-state index contributed by atoms with van der Waals surface area (Å²) in [5.74, 6) is 1.40. The number of fused-ring (bicyclic) bond motifs is 2. The predicted molar refractivity (Wildman–Crippen MR) is 96.2 cm³/mol. The quantitative estimate of drug-likeness (QED) is 0.893. The molecule has 1 N–H and O–H groups in total. The molecule has 0 aromatic carbocycles. The van der Waals surface area contributed by atoms with Gasteiger partial charge in [0, 0.05) is 19.1 Å². The number of likely N-dealkylation sites (tertiary alicyclic amines) is 1. The first-order valence-corrected chi connectivity index (χ1v) is 9.97. The Hall–Kier alpha value is -1.57. The Morgan fingerprint density at radius 1 is 1.19 bits per heavy atom. The van der Waals surface area contributed by atoms with Gasteiger partial charge in [-0.05, 0) is 69.7 Å². The molecule has 0 amide bonds. The van der Waals surface area contributed by atoms with Gasteiger partial charge in [0.25, 0.3) is 0 Å². The van der Waals surface area contributed by atoms with Gasteiger partial charge < -0.3 is 14.7 Å². The standard InChI is InChI=1S/C19H27N5O2/c25-19(7-2-10-26-13-19)12-23-8-5-14(6-9-23)18-21-20-17-11-15-3-1-4-16(15)22-24(17)18/h11,14,25H,1-10,12-13H2. The number of hydrogen-bond donors (Lipinski definition) is 1. The van der Waals surface area contributed by atoms with Crippen LogP contribution >= 0.6 is 0 Å². The molecule has 1 unspecified atom stereocenters. The largest absolute Gasteiger partial charge is 0.386 e. The fourth-order valence-corrected chi connectivity index (χ4v) is 4.78. The van der Waals surface area contributed by atoms with E-state index >= 15 is 0 Å². The van der Waals surface area contributed by atoms with Crippen molar-refractivity contribution in [1.29, 1.82) is 0 Å². The maximum Gasteiger partial charge on any atom is 0.178 e. The molecule has 1 aliphatic carbocycles. The number of piperidine rings is 1. The maximum atomic E-state index is 10.7. The third kappa shape index (κ3) is 3.02. The highest BCUT2D eigenvalue weighted by molar-refractivity contribution is 5.43. The van der Waals surface area contributed by atoms with Crippen molar-refractivity contribution >= 4 is 5.65 Å². The van der Waals surface area contributed by atoms with Crippen LogP contribution in [0.2, 0.25) is 0 Å². The second kappa shape index (κ2) is 6.55. The van der Waals surface area contributed by atoms with Crippen LogP contribution in [0, 0.1) is 0 Å². The molecule has 0 bridgehead atoms. The molecule has 7 nitrogen and oxygen atoms in total. The van der Waals surface area contributed by atoms with Crippen LogP contribution in [-0.4, -0.2) is 68.3 Å². The minimum atomic E-state index is -0.672. The van der Waals surface area contributed by atoms with Gasteiger partial charge in [-0.3, -0.25) is 0 Å². The van der Waals surface area contributed by atoms with Crippen LogP contribution in [0.25, 0.3) is 5.65 Å². The van der Waals surface area contributed by atoms with Crippen molar-refractivity contribution in [3.8, 4) is 0 Å². The van der Waals surface area contributed by atoms with Crippen LogP contribution < -0.4 is 0 Å². The molecule has 4 heterocycles. The summed E-state index contributed by atoms with van der Waals surface area (Å²) in [6.07, 6.45) is 7.26. The van der Waals surface area contributed by atoms with Gasteiger partial charge in [-0.1, -0.05) is 0 Å². The smallest absolute Gasteiger partial charge is 0.178 e. The molecule has 140 valence electrons. The van der Waals surface area contributed by atoms with E-state index in [-0.39, 0.29) is 0 Å². The van der Waals surface area contributed by atoms with E-state index in [0.717, 1.165) is 69.7 Å². The summed E-state index contributed by atoms with van der Waals surface area (Å²) in [5.41, 5.74) is 2.77. The molecule has 2 saturated heterocycles. The summed E-state index contributed by atoms with van der Waals surface area (Å²) >= 11 is 0. The van der Waals surface area contributed by atoms with Crippen molar-refractivity contribution in [2.45, 2.75) is 56.5 Å². The molecule has 3 aliphatic rings. The van der Waals surface area contributed by atoms with E-state index in [1.165, 1.54) is 17.7 Å². The van der Waals surface area contributed by atoms with Gasteiger partial charge in [0.05, 0.1) is 12.3 Å². The number of aryl methyl sites for hydroxylation is 2. The Labute approximate surface area is 153 Å². The molecular formula is C19H27N5O2. The zero-order valence-corrected chi connectivity index (χ0v) is 15.2. The third-order valence-corrected chi connectivity index (χ3v) is 6.22. The zero-order valence-electron chi connectivity index (χ0n) is 15.2. The second-order valence-electron chi connectivity index (χ2n) is 8.23. The summed E-state index contributed by atoms with van der Waals surface area (Å²) in [6.45, 7) is 3.92. The Morgan fingerprint density at radius 3 is 2.88 bits per heavy atom. The lowest BCUT2D eigenvalue weighted by atomic mass is 9.92. The van der Waals surface area contributed by atoms with Gasteiger partial charge in [0.15, 0.2) is 11.5 Å². The number of hydrogen-bond acceptors (Lipinski definition) is 6. The lowest BCUT2D eigenvalue weighted by Crippen LogP contribution is -2.50. The van der Waals surface area contributed by atoms with Crippen molar-refractivity contribution in [2.24, 2.45) is 0 Å². The normalized spacial score (nSPS) is 27.9. The van der Waals surface area contributed by atoms with E-state index < -0.39 is 5.60 Å². The average Bonchev–Trinajstić information content (AvgIpc) is 3.27. The van der Waals surface area contributed by atoms with Crippen molar-refractivity contribution < 1.29 is 9.84 Å². The van der Waals surface area contributed by atoms with Crippen LogP contribution in [0.5, 0.6) is 0 Å². The molecule has 1 atom stereocenters. The molecule has 26 heavy (non-hydrogen) atoms. The van der Waals surface area contributed by atoms with Gasteiger partial charge in [-0.2, -0.15) is 9.61 Å². The summed E-state index contributed by atoms with van der Waals surface area (Å²) < 4.78 is 7.46. The van der Waals surface area contributed by atoms with Gasteiger partial charge >= 0.3 is 0 Å². The molecule has 0 radical (unpaired) electrons. The Kier molecular flexibility index (Phi) is 4.18. The fourth-order valence-electron chi connectivity index (χ4n) is 4.78. The van der Waals surface area contributed by atoms with E-state index in [4.69, 9.17) is 9.84 Å². The first-order chi connectivity index (χ1) is 12.7. The molecule has 2 aliphatic heterocycles. The predicted octanol–water partition coefficient (Wildman–Crippen LogP) is 1.33. The van der Waals surface area contributed by atoms with Gasteiger partial charge in [0.2, 0.25) is 0 Å². The molecular weight excluding hydrogens is 330 g/mol. The first kappa shape index (κ1) is 16.6. The number of nitrogens with zero attached hydrogens (tertiary/aromatic N) is 5. The lowest BCUT2D eigenvalue weighted by Gasteiger charge is -2.39. The first-order valence-electron chi connectivity index (χ1n) is 9.97. The van der Waals surface area contributed by atoms with Crippen LogP contribution in [0.4, 0.5) is 0 Å². The summed E-state index contributed by atoms with van der Waals surface area (Å²) in [7, 11) is 0. The minimum Gasteiger partial charge on any atom is -0.386 e. The lowest BCUT2D eigenvalue weighted by molar-refractivity contribution is -0.102. The summed E-state index contributed by atoms with van der Waals surface area (Å²) in [4.78, 5) is 2.37. The van der Waals surface area contributed by atoms with Crippen molar-refractivity contribution in [2.75, 3.05) is 32.8 Å². The van der Waals surface area contributed by atoms with Gasteiger partial charge in [0.1, 0.15) is 5.60 Å². The van der Waals surface area contributed by atoms with Gasteiger partial charge in [-0.15, -0.1) is 10.2 Å². The molecule has 2 aromatic heterocycles. The number of rotatable bonds is 3. The molecule has 2 fully saturated rings. The maximum absolute atomic E-state index is 10.7. The second-order valence-corrected chi connectivity index (χ2v) is 8.23. The molecule has 0 saturated carbocycles. The molecule has 7 heteroatoms. The number of ether oxygens (including phenoxy) is 1. The fraction of sp³-hybridized carbons (Fsp3) is 0.737. The Morgan fingerprint density at radius 2 is 2.08 bits per heavy atom. The number of β-amino-alcohol motifs (C(OH)–C–C–N with tert-alkyl or cyclic N) is 1. The summed E-state index contributed by atoms with van der Waals surface area (Å²) in [5, 5.41) is 24.4. The zero-order chi connectivity index (χ0) is 17.6. The van der Waals surface area contributed by atoms with E-state index in [1.807, 2.05) is 4.52 Å². The minimum absolute atomic E-state index is 0.394. The van der Waals surface area contributed by atoms with Crippen LogP contribution in [0.1, 0.15) is 55.1 Å². The van der Waals surface area contributed by atoms with Crippen molar-refractivity contribution in [1.82, 2.24) is 24.7 Å². The number of aliphatic hydroxyl groups is 1. The van der Waals surface area contributed by atoms with Crippen LogP contribution in [0.15, 0.2) is 6.07 Å². The molecule has 0 spiro atoms. The average molecular weight is 357 g/mol. The number of aromatic nitrogens is 4. The van der Waals surface area contributed by atoms with Gasteiger partial charge in [-0.25, -0.2) is 0 Å². The topological polar surface area (TPSA) is 75.8 Å². The molecule has 5 rings (SSSR count). The van der Waals surface area contributed by atoms with Crippen molar-refractivity contribution in [3.05, 3.63) is 23.1 Å². The summed E-state index contributed by atoms with van der Waals surface area (Å²) in [6, 6.07) is 2.17. The SMILES string of the molecule is OC1(CN2CCC(c3nnc4cc5c(nn34)CCC5)CC2)CCCOC1.